The molecule has 2 aromatic carbocycles. The van der Waals surface area contributed by atoms with Crippen molar-refractivity contribution >= 4 is 23.5 Å². The number of carbonyl (C=O) groups is 2. The van der Waals surface area contributed by atoms with Gasteiger partial charge in [-0.3, -0.25) is 4.79 Å². The largest absolute Gasteiger partial charge is 0.482 e. The van der Waals surface area contributed by atoms with E-state index in [0.29, 0.717) is 16.9 Å². The first-order valence-corrected chi connectivity index (χ1v) is 9.11. The van der Waals surface area contributed by atoms with Crippen LogP contribution in [0, 0.1) is 20.8 Å². The van der Waals surface area contributed by atoms with Crippen LogP contribution in [-0.4, -0.2) is 31.7 Å². The van der Waals surface area contributed by atoms with Crippen LogP contribution in [0.25, 0.3) is 0 Å². The normalized spacial score (nSPS) is 10.4. The summed E-state index contributed by atoms with van der Waals surface area (Å²) in [7, 11) is 1.31. The third kappa shape index (κ3) is 4.04. The molecule has 0 amide bonds. The highest BCUT2D eigenvalue weighted by atomic mass is 32.2. The van der Waals surface area contributed by atoms with Crippen LogP contribution in [0.3, 0.4) is 0 Å². The third-order valence-electron chi connectivity index (χ3n) is 4.34. The molecule has 2 rings (SSSR count). The van der Waals surface area contributed by atoms with E-state index in [1.165, 1.54) is 18.9 Å². The highest BCUT2D eigenvalue weighted by Gasteiger charge is 2.20. The van der Waals surface area contributed by atoms with E-state index < -0.39 is 5.97 Å². The standard InChI is InChI=1S/C20H22O4S/c1-12-13(2)16(10-17(14(12)3)24-11-19(21)23-4)20(22)15-8-6-7-9-18(15)25-5/h6-10H,11H2,1-5H3. The summed E-state index contributed by atoms with van der Waals surface area (Å²) < 4.78 is 10.2. The number of carbonyl (C=O) groups excluding carboxylic acids is 2. The average Bonchev–Trinajstić information content (AvgIpc) is 2.64. The Bertz CT molecular complexity index is 812. The van der Waals surface area contributed by atoms with Crippen molar-refractivity contribution in [3.63, 3.8) is 0 Å². The molecule has 0 radical (unpaired) electrons. The highest BCUT2D eigenvalue weighted by Crippen LogP contribution is 2.31. The van der Waals surface area contributed by atoms with Crippen LogP contribution in [0.1, 0.15) is 32.6 Å². The van der Waals surface area contributed by atoms with Crippen molar-refractivity contribution in [2.45, 2.75) is 25.7 Å². The molecule has 0 saturated heterocycles. The van der Waals surface area contributed by atoms with E-state index >= 15 is 0 Å². The fraction of sp³-hybridized carbons (Fsp3) is 0.300. The minimum absolute atomic E-state index is 0.0477. The lowest BCUT2D eigenvalue weighted by Crippen LogP contribution is -2.14. The SMILES string of the molecule is COC(=O)COc1cc(C(=O)c2ccccc2SC)c(C)c(C)c1C. The summed E-state index contributed by atoms with van der Waals surface area (Å²) in [5.74, 6) is 0.0187. The van der Waals surface area contributed by atoms with Crippen LogP contribution >= 0.6 is 11.8 Å². The number of esters is 1. The summed E-state index contributed by atoms with van der Waals surface area (Å²) >= 11 is 1.54. The maximum Gasteiger partial charge on any atom is 0.343 e. The van der Waals surface area contributed by atoms with Gasteiger partial charge in [0.25, 0.3) is 0 Å². The van der Waals surface area contributed by atoms with Crippen molar-refractivity contribution in [2.24, 2.45) is 0 Å². The Morgan fingerprint density at radius 2 is 1.68 bits per heavy atom. The van der Waals surface area contributed by atoms with Crippen LogP contribution in [0.15, 0.2) is 35.2 Å². The molecule has 25 heavy (non-hydrogen) atoms. The number of hydrogen-bond donors (Lipinski definition) is 0. The van der Waals surface area contributed by atoms with E-state index in [2.05, 4.69) is 4.74 Å². The molecule has 0 heterocycles. The zero-order valence-corrected chi connectivity index (χ0v) is 16.0. The van der Waals surface area contributed by atoms with Crippen molar-refractivity contribution in [3.05, 3.63) is 58.1 Å². The summed E-state index contributed by atoms with van der Waals surface area (Å²) in [6, 6.07) is 9.26. The molecule has 0 aliphatic carbocycles. The molecule has 0 N–H and O–H groups in total. The number of rotatable bonds is 6. The van der Waals surface area contributed by atoms with E-state index in [0.717, 1.165) is 21.6 Å². The smallest absolute Gasteiger partial charge is 0.343 e. The molecule has 0 atom stereocenters. The van der Waals surface area contributed by atoms with E-state index in [1.54, 1.807) is 6.07 Å². The fourth-order valence-electron chi connectivity index (χ4n) is 2.57. The molecule has 0 bridgehead atoms. The Morgan fingerprint density at radius 1 is 1.00 bits per heavy atom. The van der Waals surface area contributed by atoms with Gasteiger partial charge >= 0.3 is 5.97 Å². The zero-order valence-electron chi connectivity index (χ0n) is 15.1. The topological polar surface area (TPSA) is 52.6 Å². The van der Waals surface area contributed by atoms with Crippen molar-refractivity contribution in [3.8, 4) is 5.75 Å². The van der Waals surface area contributed by atoms with Crippen molar-refractivity contribution in [2.75, 3.05) is 20.0 Å². The Labute approximate surface area is 152 Å². The van der Waals surface area contributed by atoms with Gasteiger partial charge in [-0.25, -0.2) is 4.79 Å². The van der Waals surface area contributed by atoms with E-state index in [9.17, 15) is 9.59 Å². The molecule has 5 heteroatoms. The summed E-state index contributed by atoms with van der Waals surface area (Å²) in [6.07, 6.45) is 1.95. The summed E-state index contributed by atoms with van der Waals surface area (Å²) in [5, 5.41) is 0. The molecule has 2 aromatic rings. The first-order chi connectivity index (χ1) is 11.9. The van der Waals surface area contributed by atoms with Gasteiger partial charge in [-0.1, -0.05) is 12.1 Å². The summed E-state index contributed by atoms with van der Waals surface area (Å²) in [5.41, 5.74) is 4.07. The van der Waals surface area contributed by atoms with Crippen LogP contribution in [-0.2, 0) is 9.53 Å². The van der Waals surface area contributed by atoms with Crippen molar-refractivity contribution in [1.29, 1.82) is 0 Å². The van der Waals surface area contributed by atoms with Gasteiger partial charge in [0.2, 0.25) is 0 Å². The van der Waals surface area contributed by atoms with Gasteiger partial charge in [-0.15, -0.1) is 11.8 Å². The fourth-order valence-corrected chi connectivity index (χ4v) is 3.17. The predicted octanol–water partition coefficient (Wildman–Crippen LogP) is 4.12. The first-order valence-electron chi connectivity index (χ1n) is 7.88. The lowest BCUT2D eigenvalue weighted by Gasteiger charge is -2.16. The maximum atomic E-state index is 13.1. The second-order valence-electron chi connectivity index (χ2n) is 5.69. The maximum absolute atomic E-state index is 13.1. The molecule has 4 nitrogen and oxygen atoms in total. The highest BCUT2D eigenvalue weighted by molar-refractivity contribution is 7.98. The van der Waals surface area contributed by atoms with Crippen LogP contribution < -0.4 is 4.74 Å². The number of methoxy groups -OCH3 is 1. The van der Waals surface area contributed by atoms with Gasteiger partial charge in [0.1, 0.15) is 5.75 Å². The summed E-state index contributed by atoms with van der Waals surface area (Å²) in [4.78, 5) is 25.4. The molecule has 0 saturated carbocycles. The van der Waals surface area contributed by atoms with Crippen LogP contribution in [0.4, 0.5) is 0 Å². The molecule has 0 fully saturated rings. The number of ether oxygens (including phenoxy) is 2. The first kappa shape index (κ1) is 19.1. The van der Waals surface area contributed by atoms with Crippen LogP contribution in [0.5, 0.6) is 5.75 Å². The Balaban J connectivity index is 2.48. The quantitative estimate of drug-likeness (QED) is 0.442. The molecule has 0 unspecified atom stereocenters. The van der Waals surface area contributed by atoms with Gasteiger partial charge in [0, 0.05) is 16.0 Å². The molecule has 0 aromatic heterocycles. The van der Waals surface area contributed by atoms with Gasteiger partial charge in [-0.2, -0.15) is 0 Å². The number of benzene rings is 2. The Morgan fingerprint density at radius 3 is 2.32 bits per heavy atom. The minimum Gasteiger partial charge on any atom is -0.482 e. The molecular formula is C20H22O4S. The van der Waals surface area contributed by atoms with Gasteiger partial charge < -0.3 is 9.47 Å². The number of thioether (sulfide) groups is 1. The van der Waals surface area contributed by atoms with Gasteiger partial charge in [0.05, 0.1) is 7.11 Å². The average molecular weight is 358 g/mol. The Kier molecular flexibility index (Phi) is 6.26. The third-order valence-corrected chi connectivity index (χ3v) is 5.14. The molecule has 0 spiro atoms. The monoisotopic (exact) mass is 358 g/mol. The second-order valence-corrected chi connectivity index (χ2v) is 6.54. The van der Waals surface area contributed by atoms with E-state index in [1.807, 2.05) is 51.3 Å². The van der Waals surface area contributed by atoms with Crippen molar-refractivity contribution < 1.29 is 19.1 Å². The van der Waals surface area contributed by atoms with Gasteiger partial charge in [-0.05, 0) is 61.9 Å². The number of ketones is 1. The van der Waals surface area contributed by atoms with Crippen LogP contribution in [0.2, 0.25) is 0 Å². The molecular weight excluding hydrogens is 336 g/mol. The molecule has 0 aliphatic rings. The van der Waals surface area contributed by atoms with E-state index in [-0.39, 0.29) is 12.4 Å². The van der Waals surface area contributed by atoms with Gasteiger partial charge in [0.15, 0.2) is 12.4 Å². The number of hydrogen-bond acceptors (Lipinski definition) is 5. The summed E-state index contributed by atoms with van der Waals surface area (Å²) in [6.45, 7) is 5.61. The van der Waals surface area contributed by atoms with Crippen molar-refractivity contribution in [1.82, 2.24) is 0 Å². The second kappa shape index (κ2) is 8.21. The Hall–Kier alpha value is -2.27. The lowest BCUT2D eigenvalue weighted by molar-refractivity contribution is -0.142. The molecule has 132 valence electrons. The zero-order chi connectivity index (χ0) is 18.6. The van der Waals surface area contributed by atoms with E-state index in [4.69, 9.17) is 4.74 Å². The minimum atomic E-state index is -0.460. The predicted molar refractivity (Wildman–Crippen MR) is 99.8 cm³/mol. The molecule has 0 aliphatic heterocycles. The lowest BCUT2D eigenvalue weighted by atomic mass is 9.92.